The summed E-state index contributed by atoms with van der Waals surface area (Å²) in [5.41, 5.74) is 2.14. The first-order chi connectivity index (χ1) is 17.6. The first-order valence-corrected chi connectivity index (χ1v) is 16.2. The quantitative estimate of drug-likeness (QED) is 0.452. The number of carbonyl (C=O) groups excluding carboxylic acids is 1. The summed E-state index contributed by atoms with van der Waals surface area (Å²) < 4.78 is 23.7. The summed E-state index contributed by atoms with van der Waals surface area (Å²) in [6.07, 6.45) is 0.586. The van der Waals surface area contributed by atoms with Gasteiger partial charge in [-0.1, -0.05) is 57.2 Å². The Hall–Kier alpha value is -2.55. The van der Waals surface area contributed by atoms with Gasteiger partial charge < -0.3 is 28.9 Å². The predicted octanol–water partition coefficient (Wildman–Crippen LogP) is 5.60. The maximum Gasteiger partial charge on any atom is 0.410 e. The van der Waals surface area contributed by atoms with Gasteiger partial charge in [0.25, 0.3) is 0 Å². The summed E-state index contributed by atoms with van der Waals surface area (Å²) in [7, 11) is -1.92. The molecular formula is C29H42N2O5Si. The van der Waals surface area contributed by atoms with Crippen LogP contribution in [0.3, 0.4) is 0 Å². The molecule has 2 aromatic rings. The van der Waals surface area contributed by atoms with Crippen molar-refractivity contribution in [2.75, 3.05) is 32.9 Å². The highest BCUT2D eigenvalue weighted by molar-refractivity contribution is 6.74. The minimum atomic E-state index is -1.92. The van der Waals surface area contributed by atoms with Crippen LogP contribution in [-0.4, -0.2) is 58.3 Å². The Bertz CT molecular complexity index is 1040. The molecule has 7 nitrogen and oxygen atoms in total. The predicted molar refractivity (Wildman–Crippen MR) is 148 cm³/mol. The summed E-state index contributed by atoms with van der Waals surface area (Å²) in [4.78, 5) is 14.8. The number of amides is 1. The molecule has 1 fully saturated rings. The SMILES string of the molecule is CC(C)(C)[Si](C)(C)OCC1CN(C(=O)OCc2ccccc2)CCC1NCc1ccc2c(c1)OCCO2. The van der Waals surface area contributed by atoms with Gasteiger partial charge in [0.1, 0.15) is 19.8 Å². The molecule has 0 radical (unpaired) electrons. The number of fused-ring (bicyclic) bond motifs is 1. The van der Waals surface area contributed by atoms with Crippen molar-refractivity contribution < 1.29 is 23.4 Å². The van der Waals surface area contributed by atoms with Gasteiger partial charge in [-0.15, -0.1) is 0 Å². The molecule has 4 rings (SSSR count). The number of piperidine rings is 1. The van der Waals surface area contributed by atoms with E-state index in [9.17, 15) is 4.79 Å². The molecule has 37 heavy (non-hydrogen) atoms. The fourth-order valence-corrected chi connectivity index (χ4v) is 5.49. The maximum atomic E-state index is 12.9. The standard InChI is InChI=1S/C29H42N2O5Si/c1-29(2,3)37(4,5)36-21-24-19-31(28(32)35-20-22-9-7-6-8-10-22)14-13-25(24)30-18-23-11-12-26-27(17-23)34-16-15-33-26/h6-12,17,24-25,30H,13-16,18-21H2,1-5H3. The molecule has 202 valence electrons. The molecule has 8 heteroatoms. The number of nitrogens with one attached hydrogen (secondary N) is 1. The van der Waals surface area contributed by atoms with Gasteiger partial charge in [0, 0.05) is 38.2 Å². The van der Waals surface area contributed by atoms with Crippen molar-refractivity contribution in [2.45, 2.75) is 64.5 Å². The van der Waals surface area contributed by atoms with E-state index >= 15 is 0 Å². The highest BCUT2D eigenvalue weighted by Gasteiger charge is 2.39. The van der Waals surface area contributed by atoms with Crippen LogP contribution < -0.4 is 14.8 Å². The van der Waals surface area contributed by atoms with Crippen LogP contribution in [0.1, 0.15) is 38.3 Å². The Balaban J connectivity index is 1.39. The molecule has 2 aliphatic heterocycles. The van der Waals surface area contributed by atoms with E-state index in [1.807, 2.05) is 41.3 Å². The summed E-state index contributed by atoms with van der Waals surface area (Å²) in [6.45, 7) is 15.4. The van der Waals surface area contributed by atoms with Crippen molar-refractivity contribution in [1.29, 1.82) is 0 Å². The third-order valence-corrected chi connectivity index (χ3v) is 12.3. The number of rotatable bonds is 8. The fourth-order valence-electron chi connectivity index (χ4n) is 4.42. The molecule has 2 aromatic carbocycles. The van der Waals surface area contributed by atoms with E-state index in [0.717, 1.165) is 35.6 Å². The van der Waals surface area contributed by atoms with Gasteiger partial charge in [0.05, 0.1) is 0 Å². The van der Waals surface area contributed by atoms with Crippen LogP contribution in [0, 0.1) is 5.92 Å². The zero-order valence-corrected chi connectivity index (χ0v) is 23.9. The molecule has 0 aromatic heterocycles. The van der Waals surface area contributed by atoms with Gasteiger partial charge >= 0.3 is 6.09 Å². The lowest BCUT2D eigenvalue weighted by atomic mass is 9.92. The van der Waals surface area contributed by atoms with Crippen LogP contribution in [0.2, 0.25) is 18.1 Å². The molecule has 2 unspecified atom stereocenters. The molecule has 1 N–H and O–H groups in total. The van der Waals surface area contributed by atoms with Crippen LogP contribution in [0.5, 0.6) is 11.5 Å². The monoisotopic (exact) mass is 526 g/mol. The second-order valence-corrected chi connectivity index (χ2v) is 16.4. The molecule has 2 heterocycles. The molecule has 2 atom stereocenters. The average Bonchev–Trinajstić information content (AvgIpc) is 2.89. The molecule has 0 spiro atoms. The van der Waals surface area contributed by atoms with E-state index in [1.165, 1.54) is 0 Å². The number of likely N-dealkylation sites (tertiary alicyclic amines) is 1. The third-order valence-electron chi connectivity index (χ3n) is 7.84. The Labute approximate surface area is 222 Å². The number of hydrogen-bond acceptors (Lipinski definition) is 6. The number of nitrogens with zero attached hydrogens (tertiary/aromatic N) is 1. The third kappa shape index (κ3) is 7.27. The molecule has 2 aliphatic rings. The lowest BCUT2D eigenvalue weighted by Gasteiger charge is -2.42. The Kier molecular flexibility index (Phi) is 8.82. The van der Waals surface area contributed by atoms with E-state index < -0.39 is 8.32 Å². The lowest BCUT2D eigenvalue weighted by Crippen LogP contribution is -2.54. The number of hydrogen-bond donors (Lipinski definition) is 1. The number of ether oxygens (including phenoxy) is 3. The number of carbonyl (C=O) groups is 1. The molecule has 0 saturated carbocycles. The van der Waals surface area contributed by atoms with Gasteiger partial charge in [0.15, 0.2) is 19.8 Å². The van der Waals surface area contributed by atoms with Crippen LogP contribution in [0.25, 0.3) is 0 Å². The largest absolute Gasteiger partial charge is 0.486 e. The molecular weight excluding hydrogens is 484 g/mol. The van der Waals surface area contributed by atoms with Crippen molar-refractivity contribution in [1.82, 2.24) is 10.2 Å². The highest BCUT2D eigenvalue weighted by Crippen LogP contribution is 2.37. The molecule has 0 aliphatic carbocycles. The fraction of sp³-hybridized carbons (Fsp3) is 0.552. The first-order valence-electron chi connectivity index (χ1n) is 13.3. The minimum Gasteiger partial charge on any atom is -0.486 e. The van der Waals surface area contributed by atoms with Crippen molar-refractivity contribution in [3.8, 4) is 11.5 Å². The van der Waals surface area contributed by atoms with E-state index in [0.29, 0.717) is 32.9 Å². The second-order valence-electron chi connectivity index (χ2n) is 11.6. The molecule has 0 bridgehead atoms. The van der Waals surface area contributed by atoms with Gasteiger partial charge in [-0.05, 0) is 47.8 Å². The van der Waals surface area contributed by atoms with E-state index in [1.54, 1.807) is 0 Å². The van der Waals surface area contributed by atoms with Crippen LogP contribution in [-0.2, 0) is 22.3 Å². The van der Waals surface area contributed by atoms with Gasteiger partial charge in [-0.3, -0.25) is 0 Å². The topological polar surface area (TPSA) is 69.3 Å². The minimum absolute atomic E-state index is 0.129. The second kappa shape index (κ2) is 11.9. The lowest BCUT2D eigenvalue weighted by molar-refractivity contribution is 0.0575. The zero-order valence-electron chi connectivity index (χ0n) is 22.9. The normalized spacial score (nSPS) is 20.0. The molecule has 1 saturated heterocycles. The van der Waals surface area contributed by atoms with E-state index in [-0.39, 0.29) is 29.7 Å². The van der Waals surface area contributed by atoms with Crippen molar-refractivity contribution >= 4 is 14.4 Å². The Morgan fingerprint density at radius 1 is 1.05 bits per heavy atom. The van der Waals surface area contributed by atoms with Gasteiger partial charge in [-0.25, -0.2) is 4.79 Å². The van der Waals surface area contributed by atoms with Crippen molar-refractivity contribution in [3.05, 3.63) is 59.7 Å². The summed E-state index contributed by atoms with van der Waals surface area (Å²) in [5.74, 6) is 1.78. The zero-order chi connectivity index (χ0) is 26.5. The summed E-state index contributed by atoms with van der Waals surface area (Å²) in [5, 5.41) is 3.88. The van der Waals surface area contributed by atoms with Crippen LogP contribution in [0.15, 0.2) is 48.5 Å². The van der Waals surface area contributed by atoms with Gasteiger partial charge in [0.2, 0.25) is 0 Å². The maximum absolute atomic E-state index is 12.9. The van der Waals surface area contributed by atoms with Crippen molar-refractivity contribution in [3.63, 3.8) is 0 Å². The Morgan fingerprint density at radius 3 is 2.51 bits per heavy atom. The van der Waals surface area contributed by atoms with E-state index in [4.69, 9.17) is 18.6 Å². The smallest absolute Gasteiger partial charge is 0.410 e. The highest BCUT2D eigenvalue weighted by atomic mass is 28.4. The van der Waals surface area contributed by atoms with Crippen LogP contribution in [0.4, 0.5) is 4.79 Å². The first kappa shape index (κ1) is 27.5. The van der Waals surface area contributed by atoms with Crippen LogP contribution >= 0.6 is 0 Å². The average molecular weight is 527 g/mol. The molecule has 1 amide bonds. The summed E-state index contributed by atoms with van der Waals surface area (Å²) >= 11 is 0. The summed E-state index contributed by atoms with van der Waals surface area (Å²) in [6, 6.07) is 16.2. The number of benzene rings is 2. The Morgan fingerprint density at radius 2 is 1.78 bits per heavy atom. The van der Waals surface area contributed by atoms with Crippen molar-refractivity contribution in [2.24, 2.45) is 5.92 Å². The van der Waals surface area contributed by atoms with Gasteiger partial charge in [-0.2, -0.15) is 0 Å². The van der Waals surface area contributed by atoms with E-state index in [2.05, 4.69) is 51.3 Å².